The summed E-state index contributed by atoms with van der Waals surface area (Å²) in [5.74, 6) is -2.92. The van der Waals surface area contributed by atoms with Gasteiger partial charge < -0.3 is 9.84 Å². The van der Waals surface area contributed by atoms with Crippen molar-refractivity contribution in [1.82, 2.24) is 9.97 Å². The van der Waals surface area contributed by atoms with Crippen LogP contribution in [0.3, 0.4) is 0 Å². The van der Waals surface area contributed by atoms with Crippen LogP contribution in [0.25, 0.3) is 0 Å². The van der Waals surface area contributed by atoms with Crippen molar-refractivity contribution < 1.29 is 19.0 Å². The number of nitrogens with zero attached hydrogens (tertiary/aromatic N) is 2. The lowest BCUT2D eigenvalue weighted by Crippen LogP contribution is -2.12. The number of ether oxygens (including phenoxy) is 1. The molecule has 1 N–H and O–H groups in total. The maximum absolute atomic E-state index is 13.1. The van der Waals surface area contributed by atoms with Crippen LogP contribution in [0.1, 0.15) is 18.5 Å². The summed E-state index contributed by atoms with van der Waals surface area (Å²) >= 11 is 0. The molecule has 1 aromatic rings. The third-order valence-corrected chi connectivity index (χ3v) is 1.71. The van der Waals surface area contributed by atoms with E-state index in [1.807, 2.05) is 0 Å². The molecule has 1 unspecified atom stereocenters. The Balaban J connectivity index is 3.11. The zero-order valence-corrected chi connectivity index (χ0v) is 7.69. The minimum atomic E-state index is -1.15. The number of rotatable bonds is 3. The fourth-order valence-electron chi connectivity index (χ4n) is 0.882. The Morgan fingerprint density at radius 3 is 2.86 bits per heavy atom. The smallest absolute Gasteiger partial charge is 0.316 e. The van der Waals surface area contributed by atoms with Crippen LogP contribution in [0.2, 0.25) is 0 Å². The first-order valence-electron chi connectivity index (χ1n) is 3.85. The molecule has 1 rings (SSSR count). The number of hydrogen-bond donors (Lipinski definition) is 1. The van der Waals surface area contributed by atoms with Crippen LogP contribution in [0.15, 0.2) is 6.20 Å². The molecule has 0 aromatic carbocycles. The summed E-state index contributed by atoms with van der Waals surface area (Å²) in [5.41, 5.74) is -0.177. The molecule has 1 heterocycles. The summed E-state index contributed by atoms with van der Waals surface area (Å²) in [6, 6.07) is -0.0468. The molecule has 5 nitrogen and oxygen atoms in total. The summed E-state index contributed by atoms with van der Waals surface area (Å²) in [4.78, 5) is 17.7. The fourth-order valence-corrected chi connectivity index (χ4v) is 0.882. The van der Waals surface area contributed by atoms with E-state index in [-0.39, 0.29) is 11.7 Å². The van der Waals surface area contributed by atoms with Gasteiger partial charge in [-0.25, -0.2) is 9.37 Å². The quantitative estimate of drug-likeness (QED) is 0.781. The van der Waals surface area contributed by atoms with Crippen LogP contribution >= 0.6 is 0 Å². The van der Waals surface area contributed by atoms with Gasteiger partial charge in [-0.1, -0.05) is 0 Å². The van der Waals surface area contributed by atoms with Crippen LogP contribution in [0, 0.1) is 5.82 Å². The van der Waals surface area contributed by atoms with Crippen molar-refractivity contribution in [2.45, 2.75) is 12.8 Å². The summed E-state index contributed by atoms with van der Waals surface area (Å²) in [6.45, 7) is 1.34. The first-order valence-corrected chi connectivity index (χ1v) is 3.85. The molecule has 14 heavy (non-hydrogen) atoms. The molecule has 1 atom stereocenters. The highest BCUT2D eigenvalue weighted by molar-refractivity contribution is 5.74. The largest absolute Gasteiger partial charge is 0.481 e. The molecular weight excluding hydrogens is 191 g/mol. The zero-order valence-electron chi connectivity index (χ0n) is 7.69. The number of halogens is 1. The van der Waals surface area contributed by atoms with Gasteiger partial charge in [-0.3, -0.25) is 4.79 Å². The topological polar surface area (TPSA) is 72.3 Å². The van der Waals surface area contributed by atoms with E-state index in [1.165, 1.54) is 14.0 Å². The van der Waals surface area contributed by atoms with Gasteiger partial charge in [0.2, 0.25) is 0 Å². The standard InChI is InChI=1S/C8H9FN2O3/c1-4(7(12)13)6-5(9)3-10-8(11-6)14-2/h3-4H,1-2H3,(H,12,13). The third-order valence-electron chi connectivity index (χ3n) is 1.71. The van der Waals surface area contributed by atoms with E-state index < -0.39 is 17.7 Å². The van der Waals surface area contributed by atoms with Gasteiger partial charge >= 0.3 is 12.0 Å². The Hall–Kier alpha value is -1.72. The Morgan fingerprint density at radius 2 is 2.36 bits per heavy atom. The lowest BCUT2D eigenvalue weighted by Gasteiger charge is -2.07. The van der Waals surface area contributed by atoms with Gasteiger partial charge in [-0.2, -0.15) is 4.98 Å². The summed E-state index contributed by atoms with van der Waals surface area (Å²) in [6.07, 6.45) is 0.889. The molecule has 0 aliphatic carbocycles. The van der Waals surface area contributed by atoms with Crippen molar-refractivity contribution in [2.24, 2.45) is 0 Å². The van der Waals surface area contributed by atoms with Gasteiger partial charge in [-0.05, 0) is 6.92 Å². The van der Waals surface area contributed by atoms with E-state index in [0.717, 1.165) is 6.20 Å². The highest BCUT2D eigenvalue weighted by Gasteiger charge is 2.20. The summed E-state index contributed by atoms with van der Waals surface area (Å²) in [5, 5.41) is 8.66. The van der Waals surface area contributed by atoms with Crippen LogP contribution in [-0.4, -0.2) is 28.2 Å². The molecule has 0 saturated carbocycles. The van der Waals surface area contributed by atoms with Crippen molar-refractivity contribution >= 4 is 5.97 Å². The maximum atomic E-state index is 13.1. The molecule has 0 bridgehead atoms. The number of carbonyl (C=O) groups is 1. The average molecular weight is 200 g/mol. The molecule has 0 aliphatic rings. The fraction of sp³-hybridized carbons (Fsp3) is 0.375. The van der Waals surface area contributed by atoms with Gasteiger partial charge in [0.05, 0.1) is 24.9 Å². The first-order chi connectivity index (χ1) is 6.56. The minimum Gasteiger partial charge on any atom is -0.481 e. The molecule has 0 fully saturated rings. The van der Waals surface area contributed by atoms with Crippen LogP contribution in [-0.2, 0) is 4.79 Å². The van der Waals surface area contributed by atoms with Crippen molar-refractivity contribution in [3.8, 4) is 6.01 Å². The molecule has 0 amide bonds. The van der Waals surface area contributed by atoms with Crippen molar-refractivity contribution in [3.05, 3.63) is 17.7 Å². The van der Waals surface area contributed by atoms with Crippen LogP contribution in [0.4, 0.5) is 4.39 Å². The molecule has 0 saturated heterocycles. The summed E-state index contributed by atoms with van der Waals surface area (Å²) in [7, 11) is 1.32. The van der Waals surface area contributed by atoms with E-state index in [0.29, 0.717) is 0 Å². The zero-order chi connectivity index (χ0) is 10.7. The molecule has 0 radical (unpaired) electrons. The third kappa shape index (κ3) is 1.95. The van der Waals surface area contributed by atoms with Crippen LogP contribution < -0.4 is 4.74 Å². The van der Waals surface area contributed by atoms with Gasteiger partial charge in [0, 0.05) is 0 Å². The van der Waals surface area contributed by atoms with E-state index in [9.17, 15) is 9.18 Å². The van der Waals surface area contributed by atoms with Crippen molar-refractivity contribution in [2.75, 3.05) is 7.11 Å². The minimum absolute atomic E-state index is 0.0468. The SMILES string of the molecule is COc1ncc(F)c(C(C)C(=O)O)n1. The van der Waals surface area contributed by atoms with Crippen LogP contribution in [0.5, 0.6) is 6.01 Å². The average Bonchev–Trinajstić information content (AvgIpc) is 2.17. The highest BCUT2D eigenvalue weighted by atomic mass is 19.1. The predicted molar refractivity (Wildman–Crippen MR) is 44.6 cm³/mol. The first kappa shape index (κ1) is 10.4. The van der Waals surface area contributed by atoms with E-state index in [4.69, 9.17) is 5.11 Å². The van der Waals surface area contributed by atoms with E-state index in [1.54, 1.807) is 0 Å². The maximum Gasteiger partial charge on any atom is 0.316 e. The molecule has 6 heteroatoms. The predicted octanol–water partition coefficient (Wildman–Crippen LogP) is 0.812. The Bertz CT molecular complexity index is 356. The Kier molecular flexibility index (Phi) is 2.95. The Labute approximate surface area is 79.6 Å². The van der Waals surface area contributed by atoms with Gasteiger partial charge in [0.15, 0.2) is 5.82 Å². The lowest BCUT2D eigenvalue weighted by atomic mass is 10.1. The van der Waals surface area contributed by atoms with Crippen molar-refractivity contribution in [1.29, 1.82) is 0 Å². The molecule has 1 aromatic heterocycles. The number of carboxylic acid groups (broad SMARTS) is 1. The second kappa shape index (κ2) is 3.99. The highest BCUT2D eigenvalue weighted by Crippen LogP contribution is 2.17. The monoisotopic (exact) mass is 200 g/mol. The van der Waals surface area contributed by atoms with Gasteiger partial charge in [-0.15, -0.1) is 0 Å². The number of aromatic nitrogens is 2. The van der Waals surface area contributed by atoms with E-state index in [2.05, 4.69) is 14.7 Å². The second-order valence-corrected chi connectivity index (χ2v) is 2.65. The van der Waals surface area contributed by atoms with E-state index >= 15 is 0 Å². The molecular formula is C8H9FN2O3. The second-order valence-electron chi connectivity index (χ2n) is 2.65. The number of methoxy groups -OCH3 is 1. The normalized spacial score (nSPS) is 12.2. The molecule has 76 valence electrons. The molecule has 0 aliphatic heterocycles. The summed E-state index contributed by atoms with van der Waals surface area (Å²) < 4.78 is 17.7. The molecule has 0 spiro atoms. The number of carboxylic acids is 1. The number of aliphatic carboxylic acids is 1. The number of hydrogen-bond acceptors (Lipinski definition) is 4. The van der Waals surface area contributed by atoms with Crippen molar-refractivity contribution in [3.63, 3.8) is 0 Å². The Morgan fingerprint density at radius 1 is 1.71 bits per heavy atom. The van der Waals surface area contributed by atoms with Gasteiger partial charge in [0.25, 0.3) is 0 Å². The van der Waals surface area contributed by atoms with Gasteiger partial charge in [0.1, 0.15) is 0 Å². The lowest BCUT2D eigenvalue weighted by molar-refractivity contribution is -0.138.